The van der Waals surface area contributed by atoms with Crippen molar-refractivity contribution in [3.05, 3.63) is 47.3 Å². The Labute approximate surface area is 137 Å². The largest absolute Gasteiger partial charge is 0.493 e. The summed E-state index contributed by atoms with van der Waals surface area (Å²) in [7, 11) is 0. The van der Waals surface area contributed by atoms with Gasteiger partial charge < -0.3 is 9.84 Å². The van der Waals surface area contributed by atoms with Crippen molar-refractivity contribution in [2.45, 2.75) is 51.4 Å². The molecular weight excluding hydrogens is 292 g/mol. The third-order valence-electron chi connectivity index (χ3n) is 4.09. The maximum atomic E-state index is 12.2. The average Bonchev–Trinajstić information content (AvgIpc) is 2.53. The minimum Gasteiger partial charge on any atom is -0.493 e. The molecule has 2 aliphatic rings. The molecule has 2 aliphatic carbocycles. The topological polar surface area (TPSA) is 63.6 Å². The molecule has 0 amide bonds. The Morgan fingerprint density at radius 1 is 1.35 bits per heavy atom. The summed E-state index contributed by atoms with van der Waals surface area (Å²) in [5, 5.41) is 8.63. The van der Waals surface area contributed by atoms with Gasteiger partial charge in [-0.3, -0.25) is 9.59 Å². The molecule has 0 aromatic heterocycles. The Balaban J connectivity index is 2.00. The van der Waals surface area contributed by atoms with Gasteiger partial charge in [-0.15, -0.1) is 6.58 Å². The number of aliphatic carboxylic acids is 1. The zero-order valence-corrected chi connectivity index (χ0v) is 13.5. The highest BCUT2D eigenvalue weighted by Crippen LogP contribution is 2.36. The van der Waals surface area contributed by atoms with Crippen molar-refractivity contribution >= 4 is 11.8 Å². The van der Waals surface area contributed by atoms with Gasteiger partial charge in [0.15, 0.2) is 5.78 Å². The van der Waals surface area contributed by atoms with Crippen LogP contribution in [0.1, 0.15) is 51.4 Å². The normalized spacial score (nSPS) is 17.3. The first-order valence-corrected chi connectivity index (χ1v) is 8.28. The smallest absolute Gasteiger partial charge is 0.303 e. The first kappa shape index (κ1) is 17.3. The van der Waals surface area contributed by atoms with Crippen molar-refractivity contribution in [2.24, 2.45) is 0 Å². The van der Waals surface area contributed by atoms with Crippen molar-refractivity contribution in [2.75, 3.05) is 6.61 Å². The fourth-order valence-corrected chi connectivity index (χ4v) is 2.98. The molecule has 0 aliphatic heterocycles. The Morgan fingerprint density at radius 3 is 2.91 bits per heavy atom. The van der Waals surface area contributed by atoms with Crippen molar-refractivity contribution in [1.82, 2.24) is 0 Å². The highest BCUT2D eigenvalue weighted by atomic mass is 16.5. The SMILES string of the molecule is C=CCC1=CC(=O)C2=CCCCC2=C1OCCCCCC(=O)O. The summed E-state index contributed by atoms with van der Waals surface area (Å²) in [6.07, 6.45) is 11.5. The fraction of sp³-hybridized carbons (Fsp3) is 0.474. The maximum absolute atomic E-state index is 12.2. The van der Waals surface area contributed by atoms with Crippen molar-refractivity contribution in [3.63, 3.8) is 0 Å². The molecule has 4 nitrogen and oxygen atoms in total. The van der Waals surface area contributed by atoms with Gasteiger partial charge in [0.05, 0.1) is 6.61 Å². The molecule has 0 radical (unpaired) electrons. The molecule has 0 fully saturated rings. The van der Waals surface area contributed by atoms with E-state index in [0.717, 1.165) is 54.6 Å². The number of carboxylic acid groups (broad SMARTS) is 1. The van der Waals surface area contributed by atoms with E-state index in [9.17, 15) is 9.59 Å². The fourth-order valence-electron chi connectivity index (χ4n) is 2.98. The first-order valence-electron chi connectivity index (χ1n) is 8.28. The highest BCUT2D eigenvalue weighted by molar-refractivity contribution is 6.09. The molecule has 2 rings (SSSR count). The van der Waals surface area contributed by atoms with Gasteiger partial charge in [0, 0.05) is 23.1 Å². The lowest BCUT2D eigenvalue weighted by Crippen LogP contribution is -2.17. The molecule has 0 saturated heterocycles. The summed E-state index contributed by atoms with van der Waals surface area (Å²) >= 11 is 0. The molecule has 0 heterocycles. The summed E-state index contributed by atoms with van der Waals surface area (Å²) < 4.78 is 6.00. The maximum Gasteiger partial charge on any atom is 0.303 e. The molecule has 0 aromatic carbocycles. The van der Waals surface area contributed by atoms with E-state index in [4.69, 9.17) is 9.84 Å². The van der Waals surface area contributed by atoms with Crippen LogP contribution in [0, 0.1) is 0 Å². The summed E-state index contributed by atoms with van der Waals surface area (Å²) in [5.41, 5.74) is 2.74. The monoisotopic (exact) mass is 316 g/mol. The van der Waals surface area contributed by atoms with Crippen LogP contribution < -0.4 is 0 Å². The molecule has 0 aromatic rings. The van der Waals surface area contributed by atoms with E-state index in [1.54, 1.807) is 12.2 Å². The van der Waals surface area contributed by atoms with E-state index >= 15 is 0 Å². The molecule has 1 N–H and O–H groups in total. The van der Waals surface area contributed by atoms with Crippen LogP contribution in [0.4, 0.5) is 0 Å². The Kier molecular flexibility index (Phi) is 6.39. The summed E-state index contributed by atoms with van der Waals surface area (Å²) in [6.45, 7) is 4.31. The van der Waals surface area contributed by atoms with Gasteiger partial charge in [-0.2, -0.15) is 0 Å². The van der Waals surface area contributed by atoms with Crippen LogP contribution in [0.15, 0.2) is 47.3 Å². The van der Waals surface area contributed by atoms with E-state index in [-0.39, 0.29) is 12.2 Å². The van der Waals surface area contributed by atoms with E-state index in [1.807, 2.05) is 6.08 Å². The number of allylic oxidation sites excluding steroid dienone is 6. The van der Waals surface area contributed by atoms with Crippen molar-refractivity contribution in [1.29, 1.82) is 0 Å². The third kappa shape index (κ3) is 4.68. The third-order valence-corrected chi connectivity index (χ3v) is 4.09. The van der Waals surface area contributed by atoms with Gasteiger partial charge in [-0.25, -0.2) is 0 Å². The molecule has 23 heavy (non-hydrogen) atoms. The number of hydrogen-bond donors (Lipinski definition) is 1. The van der Waals surface area contributed by atoms with E-state index in [2.05, 4.69) is 6.58 Å². The molecule has 0 bridgehead atoms. The molecule has 0 saturated carbocycles. The molecule has 0 spiro atoms. The predicted octanol–water partition coefficient (Wildman–Crippen LogP) is 4.10. The second-order valence-corrected chi connectivity index (χ2v) is 5.90. The second kappa shape index (κ2) is 8.51. The Hall–Kier alpha value is -2.10. The number of carbonyl (C=O) groups is 2. The number of carboxylic acids is 1. The van der Waals surface area contributed by atoms with Crippen LogP contribution in [-0.4, -0.2) is 23.5 Å². The molecule has 4 heteroatoms. The Morgan fingerprint density at radius 2 is 2.17 bits per heavy atom. The number of fused-ring (bicyclic) bond motifs is 1. The zero-order valence-electron chi connectivity index (χ0n) is 13.5. The second-order valence-electron chi connectivity index (χ2n) is 5.90. The van der Waals surface area contributed by atoms with Crippen LogP contribution in [0.2, 0.25) is 0 Å². The predicted molar refractivity (Wildman–Crippen MR) is 88.9 cm³/mol. The van der Waals surface area contributed by atoms with Gasteiger partial charge >= 0.3 is 5.97 Å². The van der Waals surface area contributed by atoms with Crippen LogP contribution in [0.5, 0.6) is 0 Å². The first-order chi connectivity index (χ1) is 11.1. The Bertz CT molecular complexity index is 578. The van der Waals surface area contributed by atoms with Gasteiger partial charge in [0.25, 0.3) is 0 Å². The van der Waals surface area contributed by atoms with Crippen LogP contribution >= 0.6 is 0 Å². The van der Waals surface area contributed by atoms with E-state index < -0.39 is 5.97 Å². The standard InChI is InChI=1S/C19H24O4/c1-2-8-14-13-17(20)15-9-5-6-10-16(15)19(14)23-12-7-3-4-11-18(21)22/h2,9,13H,1,3-8,10-12H2,(H,21,22). The van der Waals surface area contributed by atoms with Gasteiger partial charge in [0.1, 0.15) is 5.76 Å². The average molecular weight is 316 g/mol. The lowest BCUT2D eigenvalue weighted by molar-refractivity contribution is -0.137. The van der Waals surface area contributed by atoms with Gasteiger partial charge in [-0.1, -0.05) is 12.2 Å². The number of rotatable bonds is 9. The van der Waals surface area contributed by atoms with Crippen molar-refractivity contribution < 1.29 is 19.4 Å². The van der Waals surface area contributed by atoms with E-state index in [1.165, 1.54) is 0 Å². The molecule has 0 atom stereocenters. The van der Waals surface area contributed by atoms with Crippen LogP contribution in [0.25, 0.3) is 0 Å². The molecular formula is C19H24O4. The van der Waals surface area contributed by atoms with Gasteiger partial charge in [0.2, 0.25) is 0 Å². The number of unbranched alkanes of at least 4 members (excludes halogenated alkanes) is 2. The lowest BCUT2D eigenvalue weighted by Gasteiger charge is -2.25. The molecule has 124 valence electrons. The number of hydrogen-bond acceptors (Lipinski definition) is 3. The number of carbonyl (C=O) groups excluding carboxylic acids is 1. The van der Waals surface area contributed by atoms with Crippen LogP contribution in [-0.2, 0) is 14.3 Å². The van der Waals surface area contributed by atoms with Crippen molar-refractivity contribution in [3.8, 4) is 0 Å². The lowest BCUT2D eigenvalue weighted by atomic mass is 9.83. The number of ether oxygens (including phenoxy) is 1. The summed E-state index contributed by atoms with van der Waals surface area (Å²) in [6, 6.07) is 0. The summed E-state index contributed by atoms with van der Waals surface area (Å²) in [4.78, 5) is 22.7. The quantitative estimate of drug-likeness (QED) is 0.514. The minimum absolute atomic E-state index is 0.0744. The van der Waals surface area contributed by atoms with E-state index in [0.29, 0.717) is 19.4 Å². The molecule has 0 unspecified atom stereocenters. The number of ketones is 1. The van der Waals surface area contributed by atoms with Crippen LogP contribution in [0.3, 0.4) is 0 Å². The zero-order chi connectivity index (χ0) is 16.7. The highest BCUT2D eigenvalue weighted by Gasteiger charge is 2.27. The summed E-state index contributed by atoms with van der Waals surface area (Å²) in [5.74, 6) is 0.161. The van der Waals surface area contributed by atoms with Gasteiger partial charge in [-0.05, 0) is 51.0 Å². The minimum atomic E-state index is -0.755.